The van der Waals surface area contributed by atoms with Crippen LogP contribution in [-0.2, 0) is 0 Å². The Morgan fingerprint density at radius 1 is 1.36 bits per heavy atom. The summed E-state index contributed by atoms with van der Waals surface area (Å²) in [5, 5.41) is 1.24. The normalized spacial score (nSPS) is 10.4. The lowest BCUT2D eigenvalue weighted by Gasteiger charge is -1.97. The van der Waals surface area contributed by atoms with Crippen LogP contribution >= 0.6 is 27.3 Å². The van der Waals surface area contributed by atoms with Crippen molar-refractivity contribution in [2.24, 2.45) is 0 Å². The van der Waals surface area contributed by atoms with Crippen LogP contribution in [0.3, 0.4) is 0 Å². The molecule has 2 rings (SSSR count). The Labute approximate surface area is 95.7 Å². The summed E-state index contributed by atoms with van der Waals surface area (Å²) in [5.41, 5.74) is 1.17. The van der Waals surface area contributed by atoms with Crippen LogP contribution in [0.5, 0.6) is 0 Å². The van der Waals surface area contributed by atoms with Crippen molar-refractivity contribution in [3.8, 4) is 0 Å². The molecule has 2 aromatic rings. The largest absolute Gasteiger partial charge is 0.135 e. The molecule has 0 atom stereocenters. The van der Waals surface area contributed by atoms with Crippen molar-refractivity contribution in [2.45, 2.75) is 0 Å². The molecule has 0 bridgehead atoms. The minimum absolute atomic E-state index is 0.921. The third kappa shape index (κ3) is 1.45. The minimum Gasteiger partial charge on any atom is -0.135 e. The highest BCUT2D eigenvalue weighted by Gasteiger charge is 2.10. The van der Waals surface area contributed by atoms with E-state index in [-0.39, 0.29) is 0 Å². The van der Waals surface area contributed by atoms with E-state index in [0.717, 1.165) is 4.48 Å². The molecule has 0 N–H and O–H groups in total. The number of thiophene rings is 1. The zero-order valence-corrected chi connectivity index (χ0v) is 9.99. The minimum atomic E-state index is 0.921. The van der Waals surface area contributed by atoms with Crippen molar-refractivity contribution in [1.82, 2.24) is 0 Å². The monoisotopic (exact) mass is 264 g/mol. The van der Waals surface area contributed by atoms with E-state index >= 15 is 0 Å². The summed E-state index contributed by atoms with van der Waals surface area (Å²) < 4.78 is 2.20. The number of rotatable bonds is 2. The van der Waals surface area contributed by atoms with E-state index in [0.29, 0.717) is 0 Å². The predicted molar refractivity (Wildman–Crippen MR) is 69.9 cm³/mol. The lowest BCUT2D eigenvalue weighted by Crippen LogP contribution is -1.74. The Balaban J connectivity index is 2.87. The van der Waals surface area contributed by atoms with Gasteiger partial charge in [0.25, 0.3) is 0 Å². The fourth-order valence-corrected chi connectivity index (χ4v) is 3.13. The van der Waals surface area contributed by atoms with Crippen LogP contribution in [0.4, 0.5) is 0 Å². The van der Waals surface area contributed by atoms with E-state index < -0.39 is 0 Å². The van der Waals surface area contributed by atoms with Gasteiger partial charge in [0.1, 0.15) is 0 Å². The molecule has 2 heteroatoms. The summed E-state index contributed by atoms with van der Waals surface area (Å²) in [4.78, 5) is 1.17. The van der Waals surface area contributed by atoms with Crippen molar-refractivity contribution in [3.63, 3.8) is 0 Å². The van der Waals surface area contributed by atoms with E-state index in [9.17, 15) is 0 Å². The predicted octanol–water partition coefficient (Wildman–Crippen LogP) is 4.91. The number of fused-ring (bicyclic) bond motifs is 1. The van der Waals surface area contributed by atoms with E-state index in [1.54, 1.807) is 11.3 Å². The second-order valence-corrected chi connectivity index (χ2v) is 4.99. The van der Waals surface area contributed by atoms with Gasteiger partial charge in [-0.05, 0) is 6.07 Å². The molecule has 0 aliphatic carbocycles. The molecule has 0 saturated heterocycles. The third-order valence-corrected chi connectivity index (χ3v) is 3.64. The average molecular weight is 265 g/mol. The summed E-state index contributed by atoms with van der Waals surface area (Å²) >= 11 is 5.18. The smallest absolute Gasteiger partial charge is 0.0360 e. The standard InChI is InChI=1S/C12H9BrS/c1-3-10-12(8(2)13)9-6-4-5-7-11(9)14-10/h3-7H,1-2H2. The van der Waals surface area contributed by atoms with Gasteiger partial charge in [0, 0.05) is 25.0 Å². The molecule has 0 spiro atoms. The maximum absolute atomic E-state index is 3.93. The van der Waals surface area contributed by atoms with Crippen LogP contribution in [0.25, 0.3) is 20.6 Å². The van der Waals surface area contributed by atoms with Gasteiger partial charge in [0.2, 0.25) is 0 Å². The van der Waals surface area contributed by atoms with Gasteiger partial charge in [0.05, 0.1) is 0 Å². The van der Waals surface area contributed by atoms with Crippen LogP contribution < -0.4 is 0 Å². The molecule has 0 nitrogen and oxygen atoms in total. The summed E-state index contributed by atoms with van der Waals surface area (Å²) in [6.45, 7) is 7.75. The van der Waals surface area contributed by atoms with Crippen LogP contribution in [0.2, 0.25) is 0 Å². The van der Waals surface area contributed by atoms with Crippen LogP contribution in [0.1, 0.15) is 10.4 Å². The van der Waals surface area contributed by atoms with Crippen molar-refractivity contribution in [3.05, 3.63) is 47.9 Å². The molecule has 14 heavy (non-hydrogen) atoms. The van der Waals surface area contributed by atoms with Crippen LogP contribution in [-0.4, -0.2) is 0 Å². The summed E-state index contributed by atoms with van der Waals surface area (Å²) in [5.74, 6) is 0. The Morgan fingerprint density at radius 3 is 2.71 bits per heavy atom. The van der Waals surface area contributed by atoms with Crippen molar-refractivity contribution >= 4 is 47.9 Å². The van der Waals surface area contributed by atoms with Gasteiger partial charge in [-0.2, -0.15) is 0 Å². The van der Waals surface area contributed by atoms with E-state index in [2.05, 4.69) is 41.2 Å². The molecule has 1 aromatic carbocycles. The Morgan fingerprint density at radius 2 is 2.07 bits per heavy atom. The van der Waals surface area contributed by atoms with Gasteiger partial charge in [-0.15, -0.1) is 11.3 Å². The molecule has 0 saturated carbocycles. The van der Waals surface area contributed by atoms with E-state index in [1.807, 2.05) is 18.2 Å². The Kier molecular flexibility index (Phi) is 2.57. The van der Waals surface area contributed by atoms with Crippen molar-refractivity contribution in [2.75, 3.05) is 0 Å². The lowest BCUT2D eigenvalue weighted by atomic mass is 10.1. The average Bonchev–Trinajstić information content (AvgIpc) is 2.55. The fraction of sp³-hybridized carbons (Fsp3) is 0. The highest BCUT2D eigenvalue weighted by atomic mass is 79.9. The molecule has 0 fully saturated rings. The number of hydrogen-bond acceptors (Lipinski definition) is 1. The van der Waals surface area contributed by atoms with E-state index in [1.165, 1.54) is 20.5 Å². The number of benzene rings is 1. The lowest BCUT2D eigenvalue weighted by molar-refractivity contribution is 1.82. The van der Waals surface area contributed by atoms with E-state index in [4.69, 9.17) is 0 Å². The topological polar surface area (TPSA) is 0 Å². The molecule has 1 aromatic heterocycles. The highest BCUT2D eigenvalue weighted by Crippen LogP contribution is 2.37. The van der Waals surface area contributed by atoms with Crippen molar-refractivity contribution in [1.29, 1.82) is 0 Å². The van der Waals surface area contributed by atoms with Crippen molar-refractivity contribution < 1.29 is 0 Å². The Bertz CT molecular complexity index is 508. The van der Waals surface area contributed by atoms with Gasteiger partial charge in [-0.1, -0.05) is 53.4 Å². The molecule has 0 amide bonds. The zero-order chi connectivity index (χ0) is 10.1. The summed E-state index contributed by atoms with van der Waals surface area (Å²) in [7, 11) is 0. The Hall–Kier alpha value is -0.860. The molecular weight excluding hydrogens is 256 g/mol. The summed E-state index contributed by atoms with van der Waals surface area (Å²) in [6, 6.07) is 8.32. The first-order valence-electron chi connectivity index (χ1n) is 4.23. The first kappa shape index (κ1) is 9.69. The first-order chi connectivity index (χ1) is 6.74. The molecule has 0 unspecified atom stereocenters. The second-order valence-electron chi connectivity index (χ2n) is 2.95. The van der Waals surface area contributed by atoms with Gasteiger partial charge in [0.15, 0.2) is 0 Å². The molecule has 1 heterocycles. The SMILES string of the molecule is C=Cc1sc2ccccc2c1C(=C)Br. The molecule has 0 aliphatic rings. The molecule has 0 aliphatic heterocycles. The van der Waals surface area contributed by atoms with Gasteiger partial charge in [-0.3, -0.25) is 0 Å². The number of hydrogen-bond donors (Lipinski definition) is 0. The molecule has 70 valence electrons. The van der Waals surface area contributed by atoms with Crippen LogP contribution in [0, 0.1) is 0 Å². The molecular formula is C12H9BrS. The maximum atomic E-state index is 3.93. The zero-order valence-electron chi connectivity index (χ0n) is 7.59. The maximum Gasteiger partial charge on any atom is 0.0360 e. The highest BCUT2D eigenvalue weighted by molar-refractivity contribution is 9.15. The number of halogens is 1. The quantitative estimate of drug-likeness (QED) is 0.723. The first-order valence-corrected chi connectivity index (χ1v) is 5.83. The molecule has 0 radical (unpaired) electrons. The second kappa shape index (κ2) is 3.71. The van der Waals surface area contributed by atoms with Gasteiger partial charge in [-0.25, -0.2) is 0 Å². The fourth-order valence-electron chi connectivity index (χ4n) is 1.49. The van der Waals surface area contributed by atoms with Crippen LogP contribution in [0.15, 0.2) is 37.4 Å². The third-order valence-electron chi connectivity index (χ3n) is 2.08. The van der Waals surface area contributed by atoms with Gasteiger partial charge < -0.3 is 0 Å². The summed E-state index contributed by atoms with van der Waals surface area (Å²) in [6.07, 6.45) is 1.88. The van der Waals surface area contributed by atoms with Gasteiger partial charge >= 0.3 is 0 Å².